The van der Waals surface area contributed by atoms with E-state index in [2.05, 4.69) is 5.16 Å². The number of halogens is 1. The molecular formula is C19H20ClNO3. The molecule has 2 rings (SSSR count). The molecule has 0 amide bonds. The Hall–Kier alpha value is -2.33. The standard InChI is InChI=1S/C19H20ClNO3/c1-4-24-21-18(19(20)22)16-8-6-5-7-15(16)12-23-17-11-13(2)9-10-14(17)3/h5-11H,4,12H2,1-3H3/b21-18-. The quantitative estimate of drug-likeness (QED) is 0.425. The first-order valence-corrected chi connectivity index (χ1v) is 8.08. The molecule has 5 heteroatoms. The largest absolute Gasteiger partial charge is 0.489 e. The highest BCUT2D eigenvalue weighted by molar-refractivity contribution is 6.84. The van der Waals surface area contributed by atoms with Crippen LogP contribution in [0.4, 0.5) is 0 Å². The van der Waals surface area contributed by atoms with E-state index >= 15 is 0 Å². The highest BCUT2D eigenvalue weighted by Gasteiger charge is 2.17. The van der Waals surface area contributed by atoms with Crippen molar-refractivity contribution >= 4 is 22.6 Å². The van der Waals surface area contributed by atoms with Crippen LogP contribution < -0.4 is 4.74 Å². The van der Waals surface area contributed by atoms with Crippen LogP contribution in [0.15, 0.2) is 47.6 Å². The van der Waals surface area contributed by atoms with Crippen molar-refractivity contribution < 1.29 is 14.4 Å². The molecule has 0 unspecified atom stereocenters. The van der Waals surface area contributed by atoms with Gasteiger partial charge in [0, 0.05) is 5.56 Å². The zero-order valence-corrected chi connectivity index (χ0v) is 14.8. The summed E-state index contributed by atoms with van der Waals surface area (Å²) in [4.78, 5) is 16.7. The van der Waals surface area contributed by atoms with E-state index in [0.717, 1.165) is 22.4 Å². The zero-order valence-electron chi connectivity index (χ0n) is 14.0. The van der Waals surface area contributed by atoms with Crippen LogP contribution in [0.3, 0.4) is 0 Å². The molecule has 0 radical (unpaired) electrons. The molecule has 0 aliphatic rings. The molecule has 0 spiro atoms. The number of oxime groups is 1. The van der Waals surface area contributed by atoms with Gasteiger partial charge in [-0.3, -0.25) is 4.79 Å². The van der Waals surface area contributed by atoms with Crippen LogP contribution >= 0.6 is 11.6 Å². The first kappa shape index (κ1) is 18.0. The van der Waals surface area contributed by atoms with E-state index in [1.165, 1.54) is 0 Å². The average molecular weight is 346 g/mol. The lowest BCUT2D eigenvalue weighted by molar-refractivity contribution is -0.106. The molecule has 0 saturated heterocycles. The van der Waals surface area contributed by atoms with Crippen LogP contribution in [0.2, 0.25) is 0 Å². The summed E-state index contributed by atoms with van der Waals surface area (Å²) >= 11 is 5.66. The fraction of sp³-hybridized carbons (Fsp3) is 0.263. The van der Waals surface area contributed by atoms with Gasteiger partial charge in [-0.05, 0) is 55.1 Å². The minimum Gasteiger partial charge on any atom is -0.489 e. The van der Waals surface area contributed by atoms with Gasteiger partial charge in [0.25, 0.3) is 5.24 Å². The minimum atomic E-state index is -0.664. The van der Waals surface area contributed by atoms with Gasteiger partial charge in [0.15, 0.2) is 5.71 Å². The molecule has 0 N–H and O–H groups in total. The monoisotopic (exact) mass is 345 g/mol. The SMILES string of the molecule is CCO/N=C(\C(=O)Cl)c1ccccc1COc1cc(C)ccc1C. The van der Waals surface area contributed by atoms with Crippen molar-refractivity contribution in [1.82, 2.24) is 0 Å². The van der Waals surface area contributed by atoms with Crippen molar-refractivity contribution in [1.29, 1.82) is 0 Å². The average Bonchev–Trinajstić information content (AvgIpc) is 2.56. The summed E-state index contributed by atoms with van der Waals surface area (Å²) in [5.41, 5.74) is 3.67. The Kier molecular flexibility index (Phi) is 6.38. The zero-order chi connectivity index (χ0) is 17.5. The van der Waals surface area contributed by atoms with Gasteiger partial charge in [-0.25, -0.2) is 0 Å². The molecule has 24 heavy (non-hydrogen) atoms. The van der Waals surface area contributed by atoms with Gasteiger partial charge in [0.1, 0.15) is 19.0 Å². The Balaban J connectivity index is 2.28. The first-order chi connectivity index (χ1) is 11.5. The third-order valence-corrected chi connectivity index (χ3v) is 3.65. The second-order valence-corrected chi connectivity index (χ2v) is 5.69. The van der Waals surface area contributed by atoms with E-state index in [4.69, 9.17) is 21.2 Å². The maximum atomic E-state index is 11.7. The lowest BCUT2D eigenvalue weighted by atomic mass is 10.0. The second kappa shape index (κ2) is 8.50. The summed E-state index contributed by atoms with van der Waals surface area (Å²) in [7, 11) is 0. The Morgan fingerprint density at radius 1 is 1.17 bits per heavy atom. The topological polar surface area (TPSA) is 47.9 Å². The van der Waals surface area contributed by atoms with Crippen LogP contribution in [0.5, 0.6) is 5.75 Å². The van der Waals surface area contributed by atoms with Gasteiger partial charge >= 0.3 is 0 Å². The normalized spacial score (nSPS) is 11.2. The molecule has 0 saturated carbocycles. The van der Waals surface area contributed by atoms with E-state index in [-0.39, 0.29) is 5.71 Å². The molecule has 4 nitrogen and oxygen atoms in total. The van der Waals surface area contributed by atoms with Crippen molar-refractivity contribution in [3.63, 3.8) is 0 Å². The predicted molar refractivity (Wildman–Crippen MR) is 95.7 cm³/mol. The third-order valence-electron chi connectivity index (χ3n) is 3.47. The number of ether oxygens (including phenoxy) is 1. The highest BCUT2D eigenvalue weighted by atomic mass is 35.5. The summed E-state index contributed by atoms with van der Waals surface area (Å²) in [6.07, 6.45) is 0. The lowest BCUT2D eigenvalue weighted by Gasteiger charge is -2.13. The molecule has 126 valence electrons. The van der Waals surface area contributed by atoms with Gasteiger partial charge in [-0.15, -0.1) is 0 Å². The number of carbonyl (C=O) groups is 1. The van der Waals surface area contributed by atoms with E-state index < -0.39 is 5.24 Å². The number of benzene rings is 2. The van der Waals surface area contributed by atoms with E-state index in [1.54, 1.807) is 13.0 Å². The molecule has 0 aliphatic heterocycles. The molecule has 0 aromatic heterocycles. The maximum absolute atomic E-state index is 11.7. The van der Waals surface area contributed by atoms with Crippen molar-refractivity contribution in [2.24, 2.45) is 5.16 Å². The van der Waals surface area contributed by atoms with Crippen LogP contribution in [-0.4, -0.2) is 17.6 Å². The van der Waals surface area contributed by atoms with Gasteiger partial charge in [0.2, 0.25) is 0 Å². The number of hydrogen-bond donors (Lipinski definition) is 0. The predicted octanol–water partition coefficient (Wildman–Crippen LogP) is 4.39. The van der Waals surface area contributed by atoms with Gasteiger partial charge < -0.3 is 9.57 Å². The summed E-state index contributed by atoms with van der Waals surface area (Å²) in [6, 6.07) is 13.4. The molecule has 0 heterocycles. The minimum absolute atomic E-state index is 0.0821. The third kappa shape index (κ3) is 4.59. The maximum Gasteiger partial charge on any atom is 0.274 e. The summed E-state index contributed by atoms with van der Waals surface area (Å²) < 4.78 is 5.93. The number of nitrogens with zero attached hydrogens (tertiary/aromatic N) is 1. The van der Waals surface area contributed by atoms with Crippen molar-refractivity contribution in [3.05, 3.63) is 64.7 Å². The molecular weight excluding hydrogens is 326 g/mol. The number of aryl methyl sites for hydroxylation is 2. The van der Waals surface area contributed by atoms with Crippen molar-refractivity contribution in [2.45, 2.75) is 27.4 Å². The van der Waals surface area contributed by atoms with Crippen molar-refractivity contribution in [3.8, 4) is 5.75 Å². The van der Waals surface area contributed by atoms with Crippen LogP contribution in [0.25, 0.3) is 0 Å². The highest BCUT2D eigenvalue weighted by Crippen LogP contribution is 2.22. The van der Waals surface area contributed by atoms with E-state index in [1.807, 2.05) is 50.2 Å². The molecule has 2 aromatic rings. The molecule has 0 fully saturated rings. The van der Waals surface area contributed by atoms with Gasteiger partial charge in [-0.2, -0.15) is 0 Å². The van der Waals surface area contributed by atoms with E-state index in [0.29, 0.717) is 18.8 Å². The number of carbonyl (C=O) groups excluding carboxylic acids is 1. The second-order valence-electron chi connectivity index (χ2n) is 5.35. The summed E-state index contributed by atoms with van der Waals surface area (Å²) in [5, 5.41) is 3.17. The molecule has 0 atom stereocenters. The first-order valence-electron chi connectivity index (χ1n) is 7.71. The Morgan fingerprint density at radius 3 is 2.62 bits per heavy atom. The smallest absolute Gasteiger partial charge is 0.274 e. The number of hydrogen-bond acceptors (Lipinski definition) is 4. The van der Waals surface area contributed by atoms with Gasteiger partial charge in [0.05, 0.1) is 0 Å². The molecule has 2 aromatic carbocycles. The number of rotatable bonds is 7. The fourth-order valence-electron chi connectivity index (χ4n) is 2.22. The lowest BCUT2D eigenvalue weighted by Crippen LogP contribution is -2.14. The van der Waals surface area contributed by atoms with Crippen LogP contribution in [0.1, 0.15) is 29.2 Å². The van der Waals surface area contributed by atoms with Crippen LogP contribution in [0, 0.1) is 13.8 Å². The Morgan fingerprint density at radius 2 is 1.92 bits per heavy atom. The Bertz CT molecular complexity index is 756. The van der Waals surface area contributed by atoms with Crippen molar-refractivity contribution in [2.75, 3.05) is 6.61 Å². The molecule has 0 bridgehead atoms. The van der Waals surface area contributed by atoms with Crippen LogP contribution in [-0.2, 0) is 16.2 Å². The van der Waals surface area contributed by atoms with E-state index in [9.17, 15) is 4.79 Å². The molecule has 0 aliphatic carbocycles. The Labute approximate surface area is 147 Å². The fourth-order valence-corrected chi connectivity index (χ4v) is 2.35. The van der Waals surface area contributed by atoms with Gasteiger partial charge in [-0.1, -0.05) is 41.6 Å². The summed E-state index contributed by atoms with van der Waals surface area (Å²) in [5.74, 6) is 0.810. The summed E-state index contributed by atoms with van der Waals surface area (Å²) in [6.45, 7) is 6.45.